The van der Waals surface area contributed by atoms with Gasteiger partial charge in [0.15, 0.2) is 0 Å². The summed E-state index contributed by atoms with van der Waals surface area (Å²) in [5.74, 6) is -0.276. The summed E-state index contributed by atoms with van der Waals surface area (Å²) in [5.41, 5.74) is 7.14. The number of nitrogens with two attached hydrogens (primary N) is 1. The van der Waals surface area contributed by atoms with Crippen LogP contribution in [0.5, 0.6) is 0 Å². The maximum Gasteiger partial charge on any atom is 0.124 e. The molecule has 1 aromatic carbocycles. The van der Waals surface area contributed by atoms with E-state index in [9.17, 15) is 4.39 Å². The first-order valence-corrected chi connectivity index (χ1v) is 7.49. The zero-order valence-electron chi connectivity index (χ0n) is 11.3. The fraction of sp³-hybridized carbons (Fsp3) is 0.533. The van der Waals surface area contributed by atoms with E-state index in [-0.39, 0.29) is 10.8 Å². The molecule has 5 heteroatoms. The molecule has 1 saturated carbocycles. The smallest absolute Gasteiger partial charge is 0.124 e. The molecule has 2 fully saturated rings. The van der Waals surface area contributed by atoms with E-state index in [0.717, 1.165) is 31.7 Å². The van der Waals surface area contributed by atoms with E-state index in [1.165, 1.54) is 18.9 Å². The second-order valence-corrected chi connectivity index (χ2v) is 6.03. The number of hydrogen-bond acceptors (Lipinski definition) is 3. The van der Waals surface area contributed by atoms with Gasteiger partial charge in [0.2, 0.25) is 0 Å². The fourth-order valence-corrected chi connectivity index (χ4v) is 3.44. The van der Waals surface area contributed by atoms with E-state index in [1.54, 1.807) is 6.07 Å². The van der Waals surface area contributed by atoms with Crippen LogP contribution in [0.1, 0.15) is 30.4 Å². The lowest BCUT2D eigenvalue weighted by atomic mass is 10.1. The van der Waals surface area contributed by atoms with Gasteiger partial charge in [0.25, 0.3) is 0 Å². The zero-order chi connectivity index (χ0) is 14.1. The maximum absolute atomic E-state index is 13.7. The number of nitrogens with zero attached hydrogens (tertiary/aromatic N) is 1. The molecule has 3 rings (SSSR count). The summed E-state index contributed by atoms with van der Waals surface area (Å²) in [5, 5.41) is 0. The van der Waals surface area contributed by atoms with Gasteiger partial charge in [-0.05, 0) is 43.0 Å². The number of ether oxygens (including phenoxy) is 1. The van der Waals surface area contributed by atoms with Crippen LogP contribution in [0.25, 0.3) is 0 Å². The third-order valence-corrected chi connectivity index (χ3v) is 4.46. The van der Waals surface area contributed by atoms with Crippen LogP contribution < -0.4 is 5.73 Å². The Kier molecular flexibility index (Phi) is 4.01. The Balaban J connectivity index is 1.78. The largest absolute Gasteiger partial charge is 0.389 e. The topological polar surface area (TPSA) is 38.5 Å². The van der Waals surface area contributed by atoms with Gasteiger partial charge in [-0.15, -0.1) is 0 Å². The minimum Gasteiger partial charge on any atom is -0.389 e. The Labute approximate surface area is 123 Å². The number of halogens is 1. The highest BCUT2D eigenvalue weighted by atomic mass is 32.1. The standard InChI is InChI=1S/C15H19FN2OS/c16-12-7-10(6-11(8-12)15(17)20)9-18-4-5-19-14-3-1-2-13(14)18/h6-8,13-14H,1-5,9H2,(H2,17,20). The molecule has 3 nitrogen and oxygen atoms in total. The monoisotopic (exact) mass is 294 g/mol. The predicted octanol–water partition coefficient (Wildman–Crippen LogP) is 2.21. The first kappa shape index (κ1) is 13.9. The molecule has 1 saturated heterocycles. The number of fused-ring (bicyclic) bond motifs is 1. The summed E-state index contributed by atoms with van der Waals surface area (Å²) in [4.78, 5) is 2.64. The summed E-state index contributed by atoms with van der Waals surface area (Å²) in [7, 11) is 0. The van der Waals surface area contributed by atoms with Gasteiger partial charge in [-0.2, -0.15) is 0 Å². The molecule has 0 spiro atoms. The van der Waals surface area contributed by atoms with Gasteiger partial charge in [-0.3, -0.25) is 4.90 Å². The highest BCUT2D eigenvalue weighted by molar-refractivity contribution is 7.80. The molecule has 2 aliphatic rings. The average molecular weight is 294 g/mol. The average Bonchev–Trinajstić information content (AvgIpc) is 2.87. The van der Waals surface area contributed by atoms with Crippen molar-refractivity contribution in [1.29, 1.82) is 0 Å². The zero-order valence-corrected chi connectivity index (χ0v) is 12.2. The van der Waals surface area contributed by atoms with E-state index in [2.05, 4.69) is 4.90 Å². The number of thiocarbonyl (C=S) groups is 1. The second-order valence-electron chi connectivity index (χ2n) is 5.59. The Bertz CT molecular complexity index is 523. The van der Waals surface area contributed by atoms with Crippen LogP contribution in [0.15, 0.2) is 18.2 Å². The van der Waals surface area contributed by atoms with Gasteiger partial charge in [-0.1, -0.05) is 12.2 Å². The lowest BCUT2D eigenvalue weighted by Gasteiger charge is -2.37. The molecule has 1 aliphatic heterocycles. The van der Waals surface area contributed by atoms with Gasteiger partial charge in [-0.25, -0.2) is 4.39 Å². The van der Waals surface area contributed by atoms with E-state index in [1.807, 2.05) is 6.07 Å². The van der Waals surface area contributed by atoms with Crippen molar-refractivity contribution in [2.45, 2.75) is 38.0 Å². The second kappa shape index (κ2) is 5.76. The van der Waals surface area contributed by atoms with Crippen molar-refractivity contribution in [1.82, 2.24) is 4.90 Å². The minimum atomic E-state index is -0.276. The first-order chi connectivity index (χ1) is 9.63. The molecule has 1 heterocycles. The summed E-state index contributed by atoms with van der Waals surface area (Å²) < 4.78 is 19.5. The van der Waals surface area contributed by atoms with Crippen molar-refractivity contribution in [2.24, 2.45) is 5.73 Å². The van der Waals surface area contributed by atoms with E-state index >= 15 is 0 Å². The van der Waals surface area contributed by atoms with Crippen LogP contribution >= 0.6 is 12.2 Å². The lowest BCUT2D eigenvalue weighted by molar-refractivity contribution is -0.0588. The van der Waals surface area contributed by atoms with Crippen molar-refractivity contribution in [3.63, 3.8) is 0 Å². The normalized spacial score (nSPS) is 26.4. The third-order valence-electron chi connectivity index (χ3n) is 4.22. The highest BCUT2D eigenvalue weighted by Crippen LogP contribution is 2.30. The summed E-state index contributed by atoms with van der Waals surface area (Å²) in [6, 6.07) is 5.33. The van der Waals surface area contributed by atoms with Crippen molar-refractivity contribution in [3.8, 4) is 0 Å². The van der Waals surface area contributed by atoms with Crippen LogP contribution in [-0.4, -0.2) is 35.2 Å². The number of rotatable bonds is 3. The SMILES string of the molecule is NC(=S)c1cc(F)cc(CN2CCOC3CCCC32)c1. The molecule has 0 aromatic heterocycles. The molecule has 0 radical (unpaired) electrons. The molecule has 2 unspecified atom stereocenters. The maximum atomic E-state index is 13.7. The lowest BCUT2D eigenvalue weighted by Crippen LogP contribution is -2.47. The number of hydrogen-bond donors (Lipinski definition) is 1. The van der Waals surface area contributed by atoms with Crippen molar-refractivity contribution >= 4 is 17.2 Å². The Morgan fingerprint density at radius 1 is 1.40 bits per heavy atom. The predicted molar refractivity (Wildman–Crippen MR) is 80.1 cm³/mol. The molecule has 2 atom stereocenters. The fourth-order valence-electron chi connectivity index (χ4n) is 3.32. The van der Waals surface area contributed by atoms with E-state index < -0.39 is 0 Å². The Morgan fingerprint density at radius 3 is 3.05 bits per heavy atom. The van der Waals surface area contributed by atoms with Crippen LogP contribution in [0.4, 0.5) is 4.39 Å². The van der Waals surface area contributed by atoms with E-state index in [0.29, 0.717) is 17.7 Å². The molecular formula is C15H19FN2OS. The Morgan fingerprint density at radius 2 is 2.25 bits per heavy atom. The minimum absolute atomic E-state index is 0.242. The van der Waals surface area contributed by atoms with Gasteiger partial charge in [0.1, 0.15) is 10.8 Å². The molecule has 2 N–H and O–H groups in total. The molecular weight excluding hydrogens is 275 g/mol. The Hall–Kier alpha value is -1.04. The third kappa shape index (κ3) is 2.85. The van der Waals surface area contributed by atoms with Crippen LogP contribution in [0, 0.1) is 5.82 Å². The molecule has 1 aliphatic carbocycles. The molecule has 0 bridgehead atoms. The van der Waals surface area contributed by atoms with Crippen LogP contribution in [-0.2, 0) is 11.3 Å². The van der Waals surface area contributed by atoms with Crippen molar-refractivity contribution in [2.75, 3.05) is 13.2 Å². The highest BCUT2D eigenvalue weighted by Gasteiger charge is 2.35. The molecule has 20 heavy (non-hydrogen) atoms. The summed E-state index contributed by atoms with van der Waals surface area (Å²) in [6.07, 6.45) is 3.88. The first-order valence-electron chi connectivity index (χ1n) is 7.08. The van der Waals surface area contributed by atoms with Gasteiger partial charge < -0.3 is 10.5 Å². The molecule has 108 valence electrons. The van der Waals surface area contributed by atoms with Gasteiger partial charge >= 0.3 is 0 Å². The van der Waals surface area contributed by atoms with Crippen LogP contribution in [0.2, 0.25) is 0 Å². The number of morpholine rings is 1. The quantitative estimate of drug-likeness (QED) is 0.868. The van der Waals surface area contributed by atoms with Gasteiger partial charge in [0, 0.05) is 24.7 Å². The van der Waals surface area contributed by atoms with Crippen LogP contribution in [0.3, 0.4) is 0 Å². The summed E-state index contributed by atoms with van der Waals surface area (Å²) in [6.45, 7) is 2.40. The van der Waals surface area contributed by atoms with Crippen molar-refractivity contribution in [3.05, 3.63) is 35.1 Å². The molecule has 0 amide bonds. The molecule has 1 aromatic rings. The summed E-state index contributed by atoms with van der Waals surface area (Å²) >= 11 is 4.94. The van der Waals surface area contributed by atoms with Gasteiger partial charge in [0.05, 0.1) is 12.7 Å². The van der Waals surface area contributed by atoms with E-state index in [4.69, 9.17) is 22.7 Å². The number of benzene rings is 1. The van der Waals surface area contributed by atoms with Crippen molar-refractivity contribution < 1.29 is 9.13 Å².